The van der Waals surface area contributed by atoms with E-state index >= 15 is 0 Å². The van der Waals surface area contributed by atoms with Gasteiger partial charge in [0.25, 0.3) is 11.8 Å². The molecule has 0 spiro atoms. The minimum Gasteiger partial charge on any atom is -0.339 e. The number of nitrogens with zero attached hydrogens (tertiary/aromatic N) is 5. The number of aromatic nitrogens is 3. The van der Waals surface area contributed by atoms with Crippen molar-refractivity contribution >= 4 is 11.8 Å². The van der Waals surface area contributed by atoms with Gasteiger partial charge in [0.1, 0.15) is 5.69 Å². The standard InChI is InChI=1S/C23H29N5O3/c1-16-13-25-19(14-24-16)23(31)28-10-4-3-5-20(28)17-8-11-27(12-9-17)22(30)18-6-7-21(29)26(2)15-18/h6-7,13-15,17,20H,3-5,8-12H2,1-2H3. The van der Waals surface area contributed by atoms with Crippen LogP contribution in [0.2, 0.25) is 0 Å². The predicted molar refractivity (Wildman–Crippen MR) is 116 cm³/mol. The van der Waals surface area contributed by atoms with E-state index in [2.05, 4.69) is 9.97 Å². The van der Waals surface area contributed by atoms with Crippen LogP contribution in [0.4, 0.5) is 0 Å². The summed E-state index contributed by atoms with van der Waals surface area (Å²) < 4.78 is 1.43. The van der Waals surface area contributed by atoms with Crippen LogP contribution >= 0.6 is 0 Å². The predicted octanol–water partition coefficient (Wildman–Crippen LogP) is 2.03. The summed E-state index contributed by atoms with van der Waals surface area (Å²) in [5.74, 6) is 0.285. The quantitative estimate of drug-likeness (QED) is 0.754. The summed E-state index contributed by atoms with van der Waals surface area (Å²) in [4.78, 5) is 49.9. The number of carbonyl (C=O) groups excluding carboxylic acids is 2. The van der Waals surface area contributed by atoms with Crippen LogP contribution < -0.4 is 5.56 Å². The van der Waals surface area contributed by atoms with Crippen molar-refractivity contribution in [1.82, 2.24) is 24.3 Å². The van der Waals surface area contributed by atoms with Gasteiger partial charge in [-0.1, -0.05) is 0 Å². The first-order valence-corrected chi connectivity index (χ1v) is 11.0. The van der Waals surface area contributed by atoms with E-state index in [4.69, 9.17) is 0 Å². The fourth-order valence-electron chi connectivity index (χ4n) is 4.74. The Morgan fingerprint density at radius 2 is 1.74 bits per heavy atom. The molecule has 2 saturated heterocycles. The Morgan fingerprint density at radius 1 is 0.968 bits per heavy atom. The number of piperidine rings is 2. The second-order valence-electron chi connectivity index (χ2n) is 8.60. The molecular formula is C23H29N5O3. The smallest absolute Gasteiger partial charge is 0.274 e. The van der Waals surface area contributed by atoms with Crippen molar-refractivity contribution in [2.24, 2.45) is 13.0 Å². The van der Waals surface area contributed by atoms with Crippen molar-refractivity contribution in [2.75, 3.05) is 19.6 Å². The number of aryl methyl sites for hydroxylation is 2. The second-order valence-corrected chi connectivity index (χ2v) is 8.60. The summed E-state index contributed by atoms with van der Waals surface area (Å²) in [6, 6.07) is 3.21. The zero-order valence-corrected chi connectivity index (χ0v) is 18.2. The normalized spacial score (nSPS) is 20.0. The molecule has 164 valence electrons. The summed E-state index contributed by atoms with van der Waals surface area (Å²) in [7, 11) is 1.65. The van der Waals surface area contributed by atoms with Crippen molar-refractivity contribution in [3.63, 3.8) is 0 Å². The Hall–Kier alpha value is -3.03. The molecule has 31 heavy (non-hydrogen) atoms. The SMILES string of the molecule is Cc1cnc(C(=O)N2CCCCC2C2CCN(C(=O)c3ccc(=O)n(C)c3)CC2)cn1. The van der Waals surface area contributed by atoms with Crippen LogP contribution in [0.1, 0.15) is 58.6 Å². The van der Waals surface area contributed by atoms with Gasteiger partial charge in [0.15, 0.2) is 0 Å². The number of hydrogen-bond acceptors (Lipinski definition) is 5. The molecule has 8 heteroatoms. The van der Waals surface area contributed by atoms with E-state index in [1.807, 2.05) is 16.7 Å². The highest BCUT2D eigenvalue weighted by Gasteiger charge is 2.36. The fourth-order valence-corrected chi connectivity index (χ4v) is 4.74. The molecule has 2 aliphatic heterocycles. The molecule has 4 rings (SSSR count). The monoisotopic (exact) mass is 423 g/mol. The third-order valence-corrected chi connectivity index (χ3v) is 6.51. The minimum absolute atomic E-state index is 0.0408. The maximum Gasteiger partial charge on any atom is 0.274 e. The van der Waals surface area contributed by atoms with Crippen molar-refractivity contribution < 1.29 is 9.59 Å². The topological polar surface area (TPSA) is 88.4 Å². The Morgan fingerprint density at radius 3 is 2.42 bits per heavy atom. The molecular weight excluding hydrogens is 394 g/mol. The van der Waals surface area contributed by atoms with Crippen LogP contribution in [0.25, 0.3) is 0 Å². The lowest BCUT2D eigenvalue weighted by atomic mass is 9.83. The van der Waals surface area contributed by atoms with Crippen molar-refractivity contribution in [1.29, 1.82) is 0 Å². The second kappa shape index (κ2) is 8.99. The zero-order valence-electron chi connectivity index (χ0n) is 18.2. The summed E-state index contributed by atoms with van der Waals surface area (Å²) >= 11 is 0. The molecule has 2 fully saturated rings. The third-order valence-electron chi connectivity index (χ3n) is 6.51. The molecule has 0 bridgehead atoms. The van der Waals surface area contributed by atoms with E-state index in [-0.39, 0.29) is 23.4 Å². The molecule has 0 aromatic carbocycles. The fraction of sp³-hybridized carbons (Fsp3) is 0.522. The third kappa shape index (κ3) is 4.52. The van der Waals surface area contributed by atoms with E-state index in [0.29, 0.717) is 30.3 Å². The van der Waals surface area contributed by atoms with Gasteiger partial charge in [0, 0.05) is 51.2 Å². The maximum atomic E-state index is 13.1. The highest BCUT2D eigenvalue weighted by atomic mass is 16.2. The summed E-state index contributed by atoms with van der Waals surface area (Å²) in [6.07, 6.45) is 9.65. The van der Waals surface area contributed by atoms with Gasteiger partial charge < -0.3 is 14.4 Å². The maximum absolute atomic E-state index is 13.1. The van der Waals surface area contributed by atoms with Gasteiger partial charge in [0.05, 0.1) is 17.5 Å². The van der Waals surface area contributed by atoms with Gasteiger partial charge in [-0.25, -0.2) is 4.98 Å². The average molecular weight is 424 g/mol. The van der Waals surface area contributed by atoms with E-state index in [0.717, 1.165) is 44.3 Å². The summed E-state index contributed by atoms with van der Waals surface area (Å²) in [5.41, 5.74) is 1.60. The largest absolute Gasteiger partial charge is 0.339 e. The Balaban J connectivity index is 1.42. The van der Waals surface area contributed by atoms with Crippen LogP contribution in [0.5, 0.6) is 0 Å². The first-order chi connectivity index (χ1) is 14.9. The van der Waals surface area contributed by atoms with Crippen molar-refractivity contribution in [2.45, 2.75) is 45.1 Å². The number of pyridine rings is 1. The minimum atomic E-state index is -0.129. The summed E-state index contributed by atoms with van der Waals surface area (Å²) in [6.45, 7) is 3.93. The molecule has 1 atom stereocenters. The van der Waals surface area contributed by atoms with E-state index in [1.165, 1.54) is 10.6 Å². The number of hydrogen-bond donors (Lipinski definition) is 0. The molecule has 1 unspecified atom stereocenters. The summed E-state index contributed by atoms with van der Waals surface area (Å²) in [5, 5.41) is 0. The molecule has 4 heterocycles. The Bertz CT molecular complexity index is 1010. The van der Waals surface area contributed by atoms with E-state index in [9.17, 15) is 14.4 Å². The molecule has 0 radical (unpaired) electrons. The van der Waals surface area contributed by atoms with Crippen LogP contribution in [0, 0.1) is 12.8 Å². The van der Waals surface area contributed by atoms with Gasteiger partial charge in [-0.05, 0) is 51.0 Å². The first-order valence-electron chi connectivity index (χ1n) is 11.0. The van der Waals surface area contributed by atoms with Crippen LogP contribution in [-0.2, 0) is 7.05 Å². The van der Waals surface area contributed by atoms with E-state index < -0.39 is 0 Å². The van der Waals surface area contributed by atoms with Gasteiger partial charge in [-0.15, -0.1) is 0 Å². The molecule has 8 nitrogen and oxygen atoms in total. The molecule has 0 aliphatic carbocycles. The molecule has 0 saturated carbocycles. The molecule has 0 N–H and O–H groups in total. The van der Waals surface area contributed by atoms with Crippen molar-refractivity contribution in [3.8, 4) is 0 Å². The Kier molecular flexibility index (Phi) is 6.15. The number of amides is 2. The lowest BCUT2D eigenvalue weighted by molar-refractivity contribution is 0.0370. The van der Waals surface area contributed by atoms with E-state index in [1.54, 1.807) is 31.7 Å². The Labute approximate surface area is 181 Å². The number of carbonyl (C=O) groups is 2. The highest BCUT2D eigenvalue weighted by Crippen LogP contribution is 2.31. The lowest BCUT2D eigenvalue weighted by Gasteiger charge is -2.43. The average Bonchev–Trinajstić information content (AvgIpc) is 2.80. The molecule has 2 aromatic rings. The van der Waals surface area contributed by atoms with Crippen molar-refractivity contribution in [3.05, 3.63) is 58.0 Å². The van der Waals surface area contributed by atoms with Gasteiger partial charge >= 0.3 is 0 Å². The molecule has 2 amide bonds. The van der Waals surface area contributed by atoms with Crippen LogP contribution in [-0.4, -0.2) is 61.8 Å². The zero-order chi connectivity index (χ0) is 22.0. The van der Waals surface area contributed by atoms with Crippen LogP contribution in [0.3, 0.4) is 0 Å². The van der Waals surface area contributed by atoms with Gasteiger partial charge in [-0.2, -0.15) is 0 Å². The van der Waals surface area contributed by atoms with Gasteiger partial charge in [0.2, 0.25) is 5.56 Å². The molecule has 2 aliphatic rings. The number of rotatable bonds is 3. The van der Waals surface area contributed by atoms with Gasteiger partial charge in [-0.3, -0.25) is 19.4 Å². The number of likely N-dealkylation sites (tertiary alicyclic amines) is 2. The first kappa shape index (κ1) is 21.2. The lowest BCUT2D eigenvalue weighted by Crippen LogP contribution is -2.51. The van der Waals surface area contributed by atoms with Crippen LogP contribution in [0.15, 0.2) is 35.5 Å². The molecule has 2 aromatic heterocycles. The highest BCUT2D eigenvalue weighted by molar-refractivity contribution is 5.94.